The van der Waals surface area contributed by atoms with Crippen LogP contribution in [0, 0.1) is 11.3 Å². The Morgan fingerprint density at radius 2 is 2.22 bits per heavy atom. The van der Waals surface area contributed by atoms with Gasteiger partial charge < -0.3 is 9.47 Å². The predicted octanol–water partition coefficient (Wildman–Crippen LogP) is 1.48. The van der Waals surface area contributed by atoms with Crippen LogP contribution in [0.1, 0.15) is 28.4 Å². The van der Waals surface area contributed by atoms with Crippen LogP contribution in [-0.4, -0.2) is 26.0 Å². The van der Waals surface area contributed by atoms with E-state index in [0.29, 0.717) is 17.6 Å². The predicted molar refractivity (Wildman–Crippen MR) is 63.4 cm³/mol. The Kier molecular flexibility index (Phi) is 4.88. The number of ether oxygens (including phenoxy) is 2. The molecule has 0 N–H and O–H groups in total. The molecule has 0 aromatic heterocycles. The molecule has 0 saturated carbocycles. The molecule has 0 aliphatic heterocycles. The zero-order chi connectivity index (χ0) is 13.5. The Balaban J connectivity index is 3.18. The molecule has 18 heavy (non-hydrogen) atoms. The lowest BCUT2D eigenvalue weighted by atomic mass is 9.99. The van der Waals surface area contributed by atoms with E-state index in [1.54, 1.807) is 19.1 Å². The standard InChI is InChI=1S/C13H13NO4/c1-3-18-13(16)6-9-4-5-12(17-2)11(8-15)10(9)7-14/h4-5,8H,3,6H2,1-2H3. The summed E-state index contributed by atoms with van der Waals surface area (Å²) >= 11 is 0. The summed E-state index contributed by atoms with van der Waals surface area (Å²) in [5, 5.41) is 9.08. The molecule has 0 spiro atoms. The van der Waals surface area contributed by atoms with Crippen LogP contribution in [-0.2, 0) is 16.0 Å². The molecule has 0 atom stereocenters. The number of rotatable bonds is 5. The molecule has 1 aromatic rings. The average Bonchev–Trinajstić information content (AvgIpc) is 2.38. The molecule has 0 amide bonds. The third-order valence-electron chi connectivity index (χ3n) is 2.38. The maximum atomic E-state index is 11.4. The summed E-state index contributed by atoms with van der Waals surface area (Å²) in [4.78, 5) is 22.4. The first-order chi connectivity index (χ1) is 8.67. The fourth-order valence-corrected chi connectivity index (χ4v) is 1.59. The van der Waals surface area contributed by atoms with Gasteiger partial charge in [0.2, 0.25) is 0 Å². The molecule has 0 aliphatic rings. The quantitative estimate of drug-likeness (QED) is 0.582. The maximum absolute atomic E-state index is 11.4. The van der Waals surface area contributed by atoms with E-state index in [9.17, 15) is 9.59 Å². The summed E-state index contributed by atoms with van der Waals surface area (Å²) < 4.78 is 9.80. The molecule has 1 aromatic carbocycles. The van der Waals surface area contributed by atoms with E-state index in [4.69, 9.17) is 14.7 Å². The molecule has 0 unspecified atom stereocenters. The fourth-order valence-electron chi connectivity index (χ4n) is 1.59. The van der Waals surface area contributed by atoms with Crippen molar-refractivity contribution in [3.8, 4) is 11.8 Å². The first-order valence-electron chi connectivity index (χ1n) is 5.38. The number of nitriles is 1. The van der Waals surface area contributed by atoms with E-state index < -0.39 is 5.97 Å². The van der Waals surface area contributed by atoms with Crippen LogP contribution in [0.2, 0.25) is 0 Å². The summed E-state index contributed by atoms with van der Waals surface area (Å²) in [5.41, 5.74) is 0.762. The Hall–Kier alpha value is -2.35. The zero-order valence-electron chi connectivity index (χ0n) is 10.2. The van der Waals surface area contributed by atoms with Gasteiger partial charge in [-0.2, -0.15) is 5.26 Å². The fraction of sp³-hybridized carbons (Fsp3) is 0.308. The molecule has 5 heteroatoms. The highest BCUT2D eigenvalue weighted by Crippen LogP contribution is 2.24. The summed E-state index contributed by atoms with van der Waals surface area (Å²) in [6, 6.07) is 5.06. The molecule has 1 rings (SSSR count). The highest BCUT2D eigenvalue weighted by Gasteiger charge is 2.16. The third kappa shape index (κ3) is 2.86. The van der Waals surface area contributed by atoms with Crippen molar-refractivity contribution >= 4 is 12.3 Å². The molecule has 5 nitrogen and oxygen atoms in total. The normalized spacial score (nSPS) is 9.39. The van der Waals surface area contributed by atoms with Crippen LogP contribution in [0.3, 0.4) is 0 Å². The van der Waals surface area contributed by atoms with E-state index in [2.05, 4.69) is 0 Å². The highest BCUT2D eigenvalue weighted by molar-refractivity contribution is 5.85. The van der Waals surface area contributed by atoms with Gasteiger partial charge in [-0.05, 0) is 18.6 Å². The smallest absolute Gasteiger partial charge is 0.310 e. The van der Waals surface area contributed by atoms with Gasteiger partial charge in [0.1, 0.15) is 11.8 Å². The largest absolute Gasteiger partial charge is 0.496 e. The molecule has 94 valence electrons. The van der Waals surface area contributed by atoms with Crippen LogP contribution >= 0.6 is 0 Å². The minimum Gasteiger partial charge on any atom is -0.496 e. The number of aldehydes is 1. The number of carbonyl (C=O) groups excluding carboxylic acids is 2. The number of benzene rings is 1. The number of nitrogens with zero attached hydrogens (tertiary/aromatic N) is 1. The van der Waals surface area contributed by atoms with E-state index >= 15 is 0 Å². The van der Waals surface area contributed by atoms with Crippen molar-refractivity contribution in [2.45, 2.75) is 13.3 Å². The summed E-state index contributed by atoms with van der Waals surface area (Å²) in [6.45, 7) is 1.98. The number of hydrogen-bond donors (Lipinski definition) is 0. The van der Waals surface area contributed by atoms with Crippen LogP contribution in [0.15, 0.2) is 12.1 Å². The van der Waals surface area contributed by atoms with Crippen molar-refractivity contribution in [2.24, 2.45) is 0 Å². The summed E-state index contributed by atoms with van der Waals surface area (Å²) in [6.07, 6.45) is 0.508. The Bertz CT molecular complexity index is 502. The second-order valence-electron chi connectivity index (χ2n) is 3.43. The summed E-state index contributed by atoms with van der Waals surface area (Å²) in [5.74, 6) is -0.120. The lowest BCUT2D eigenvalue weighted by Crippen LogP contribution is -2.10. The molecule has 0 fully saturated rings. The molecule has 0 saturated heterocycles. The van der Waals surface area contributed by atoms with Gasteiger partial charge in [0, 0.05) is 0 Å². The van der Waals surface area contributed by atoms with Gasteiger partial charge in [-0.15, -0.1) is 0 Å². The van der Waals surface area contributed by atoms with Gasteiger partial charge in [-0.25, -0.2) is 0 Å². The first-order valence-corrected chi connectivity index (χ1v) is 5.38. The van der Waals surface area contributed by atoms with Gasteiger partial charge in [0.05, 0.1) is 31.3 Å². The minimum absolute atomic E-state index is 0.0401. The summed E-state index contributed by atoms with van der Waals surface area (Å²) in [7, 11) is 1.41. The van der Waals surface area contributed by atoms with E-state index in [1.165, 1.54) is 7.11 Å². The van der Waals surface area contributed by atoms with Gasteiger partial charge in [-0.1, -0.05) is 6.07 Å². The van der Waals surface area contributed by atoms with E-state index in [1.807, 2.05) is 6.07 Å². The maximum Gasteiger partial charge on any atom is 0.310 e. The molecule has 0 aliphatic carbocycles. The van der Waals surface area contributed by atoms with Crippen LogP contribution in [0.4, 0.5) is 0 Å². The molecule has 0 heterocycles. The molecular weight excluding hydrogens is 234 g/mol. The Morgan fingerprint density at radius 3 is 2.72 bits per heavy atom. The topological polar surface area (TPSA) is 76.4 Å². The second kappa shape index (κ2) is 6.40. The monoisotopic (exact) mass is 247 g/mol. The Labute approximate surface area is 105 Å². The number of esters is 1. The second-order valence-corrected chi connectivity index (χ2v) is 3.43. The number of carbonyl (C=O) groups is 2. The lowest BCUT2D eigenvalue weighted by molar-refractivity contribution is -0.142. The molecular formula is C13H13NO4. The van der Waals surface area contributed by atoms with Gasteiger partial charge >= 0.3 is 5.97 Å². The van der Waals surface area contributed by atoms with Crippen molar-refractivity contribution in [3.63, 3.8) is 0 Å². The van der Waals surface area contributed by atoms with E-state index in [0.717, 1.165) is 0 Å². The number of hydrogen-bond acceptors (Lipinski definition) is 5. The van der Waals surface area contributed by atoms with Gasteiger partial charge in [-0.3, -0.25) is 9.59 Å². The average molecular weight is 247 g/mol. The van der Waals surface area contributed by atoms with Gasteiger partial charge in [0.15, 0.2) is 6.29 Å². The third-order valence-corrected chi connectivity index (χ3v) is 2.38. The van der Waals surface area contributed by atoms with Crippen molar-refractivity contribution in [1.29, 1.82) is 5.26 Å². The van der Waals surface area contributed by atoms with Crippen LogP contribution in [0.5, 0.6) is 5.75 Å². The van der Waals surface area contributed by atoms with Crippen molar-refractivity contribution in [1.82, 2.24) is 0 Å². The lowest BCUT2D eigenvalue weighted by Gasteiger charge is -2.09. The van der Waals surface area contributed by atoms with Crippen LogP contribution in [0.25, 0.3) is 0 Å². The van der Waals surface area contributed by atoms with Crippen LogP contribution < -0.4 is 4.74 Å². The van der Waals surface area contributed by atoms with E-state index in [-0.39, 0.29) is 24.2 Å². The Morgan fingerprint density at radius 1 is 1.50 bits per heavy atom. The SMILES string of the molecule is CCOC(=O)Cc1ccc(OC)c(C=O)c1C#N. The van der Waals surface area contributed by atoms with Crippen molar-refractivity contribution < 1.29 is 19.1 Å². The highest BCUT2D eigenvalue weighted by atomic mass is 16.5. The van der Waals surface area contributed by atoms with Crippen molar-refractivity contribution in [2.75, 3.05) is 13.7 Å². The minimum atomic E-state index is -0.434. The molecule has 0 bridgehead atoms. The first kappa shape index (κ1) is 13.7. The number of methoxy groups -OCH3 is 1. The van der Waals surface area contributed by atoms with Gasteiger partial charge in [0.25, 0.3) is 0 Å². The van der Waals surface area contributed by atoms with Crippen molar-refractivity contribution in [3.05, 3.63) is 28.8 Å². The zero-order valence-corrected chi connectivity index (χ0v) is 10.2. The molecule has 0 radical (unpaired) electrons.